The maximum atomic E-state index is 12.5. The number of carbonyl (C=O) groups is 1. The summed E-state index contributed by atoms with van der Waals surface area (Å²) in [4.78, 5) is 10.7. The molecule has 1 aliphatic rings. The molecule has 130 valence electrons. The van der Waals surface area contributed by atoms with Gasteiger partial charge < -0.3 is 15.8 Å². The number of benzene rings is 1. The maximum Gasteiger partial charge on any atom is 0.255 e. The molecule has 0 saturated carbocycles. The molecule has 0 radical (unpaired) electrons. The largest absolute Gasteiger partial charge is 0.482 e. The highest BCUT2D eigenvalue weighted by molar-refractivity contribution is 7.89. The highest BCUT2D eigenvalue weighted by Gasteiger charge is 2.25. The number of primary amides is 1. The van der Waals surface area contributed by atoms with Crippen molar-refractivity contribution in [1.82, 2.24) is 10.0 Å². The van der Waals surface area contributed by atoms with Crippen molar-refractivity contribution in [2.24, 2.45) is 5.73 Å². The van der Waals surface area contributed by atoms with E-state index in [9.17, 15) is 13.2 Å². The topological polar surface area (TPSA) is 111 Å². The van der Waals surface area contributed by atoms with Gasteiger partial charge in [-0.15, -0.1) is 12.4 Å². The number of hydrogen-bond donors (Lipinski definition) is 3. The molecule has 1 aliphatic heterocycles. The van der Waals surface area contributed by atoms with E-state index in [-0.39, 0.29) is 34.1 Å². The van der Waals surface area contributed by atoms with Crippen LogP contribution in [0.3, 0.4) is 0 Å². The van der Waals surface area contributed by atoms with Gasteiger partial charge in [0.25, 0.3) is 5.91 Å². The molecule has 23 heavy (non-hydrogen) atoms. The van der Waals surface area contributed by atoms with Gasteiger partial charge >= 0.3 is 0 Å². The quantitative estimate of drug-likeness (QED) is 0.667. The molecule has 0 aromatic heterocycles. The Balaban J connectivity index is 0.00000264. The van der Waals surface area contributed by atoms with Crippen LogP contribution in [0.15, 0.2) is 23.1 Å². The van der Waals surface area contributed by atoms with E-state index in [1.54, 1.807) is 0 Å². The van der Waals surface area contributed by atoms with Gasteiger partial charge in [0.05, 0.1) is 0 Å². The molecule has 1 heterocycles. The summed E-state index contributed by atoms with van der Waals surface area (Å²) >= 11 is 5.88. The molecule has 0 bridgehead atoms. The number of ether oxygens (including phenoxy) is 1. The smallest absolute Gasteiger partial charge is 0.255 e. The van der Waals surface area contributed by atoms with Crippen LogP contribution in [-0.2, 0) is 14.8 Å². The molecule has 1 amide bonds. The molecule has 1 aromatic carbocycles. The number of piperidine rings is 1. The predicted octanol–water partition coefficient (Wildman–Crippen LogP) is 0.656. The monoisotopic (exact) mass is 383 g/mol. The number of rotatable bonds is 6. The second kappa shape index (κ2) is 8.70. The Labute approximate surface area is 146 Å². The van der Waals surface area contributed by atoms with Gasteiger partial charge in [-0.3, -0.25) is 4.79 Å². The standard InChI is InChI=1S/C13H18ClN3O4S.ClH/c14-9-1-2-11(21-8-13(15)18)12(7-9)22(19,20)17-10-3-5-16-6-4-10;/h1-2,7,10,16-17H,3-6,8H2,(H2,15,18);1H. The van der Waals surface area contributed by atoms with Crippen LogP contribution < -0.4 is 20.5 Å². The van der Waals surface area contributed by atoms with Gasteiger partial charge in [0.1, 0.15) is 10.6 Å². The van der Waals surface area contributed by atoms with Crippen LogP contribution in [0.1, 0.15) is 12.8 Å². The van der Waals surface area contributed by atoms with E-state index in [0.717, 1.165) is 13.1 Å². The minimum Gasteiger partial charge on any atom is -0.482 e. The third kappa shape index (κ3) is 5.82. The minimum absolute atomic E-state index is 0. The number of sulfonamides is 1. The van der Waals surface area contributed by atoms with Crippen molar-refractivity contribution in [3.8, 4) is 5.75 Å². The van der Waals surface area contributed by atoms with Gasteiger partial charge in [0.15, 0.2) is 6.61 Å². The zero-order valence-electron chi connectivity index (χ0n) is 12.2. The molecule has 1 fully saturated rings. The summed E-state index contributed by atoms with van der Waals surface area (Å²) in [6.45, 7) is 1.11. The fraction of sp³-hybridized carbons (Fsp3) is 0.462. The number of amides is 1. The average molecular weight is 384 g/mol. The summed E-state index contributed by atoms with van der Waals surface area (Å²) in [5.41, 5.74) is 5.02. The molecule has 2 rings (SSSR count). The molecule has 1 aromatic rings. The molecule has 1 saturated heterocycles. The lowest BCUT2D eigenvalue weighted by atomic mass is 10.1. The molecule has 0 spiro atoms. The summed E-state index contributed by atoms with van der Waals surface area (Å²) < 4.78 is 32.9. The van der Waals surface area contributed by atoms with Gasteiger partial charge in [-0.05, 0) is 44.1 Å². The first kappa shape index (κ1) is 20.0. The van der Waals surface area contributed by atoms with Gasteiger partial charge in [0, 0.05) is 11.1 Å². The molecule has 4 N–H and O–H groups in total. The molecule has 0 aliphatic carbocycles. The van der Waals surface area contributed by atoms with E-state index in [2.05, 4.69) is 10.0 Å². The molecular formula is C13H19Cl2N3O4S. The number of carbonyl (C=O) groups excluding carboxylic acids is 1. The minimum atomic E-state index is -3.80. The van der Waals surface area contributed by atoms with Gasteiger partial charge in [0.2, 0.25) is 10.0 Å². The summed E-state index contributed by atoms with van der Waals surface area (Å²) in [5, 5.41) is 3.42. The summed E-state index contributed by atoms with van der Waals surface area (Å²) in [6, 6.07) is 4.04. The van der Waals surface area contributed by atoms with Crippen molar-refractivity contribution in [2.45, 2.75) is 23.8 Å². The van der Waals surface area contributed by atoms with Crippen molar-refractivity contribution in [3.63, 3.8) is 0 Å². The lowest BCUT2D eigenvalue weighted by Gasteiger charge is -2.24. The van der Waals surface area contributed by atoms with Gasteiger partial charge in [-0.25, -0.2) is 13.1 Å². The molecule has 0 atom stereocenters. The van der Waals surface area contributed by atoms with Gasteiger partial charge in [-0.2, -0.15) is 0 Å². The SMILES string of the molecule is Cl.NC(=O)COc1ccc(Cl)cc1S(=O)(=O)NC1CCNCC1. The lowest BCUT2D eigenvalue weighted by molar-refractivity contribution is -0.120. The first-order valence-corrected chi connectivity index (χ1v) is 8.68. The Morgan fingerprint density at radius 1 is 1.39 bits per heavy atom. The van der Waals surface area contributed by atoms with Crippen LogP contribution >= 0.6 is 24.0 Å². The first-order chi connectivity index (χ1) is 10.4. The number of halogens is 2. The lowest BCUT2D eigenvalue weighted by Crippen LogP contribution is -2.42. The van der Waals surface area contributed by atoms with E-state index in [4.69, 9.17) is 22.1 Å². The summed E-state index contributed by atoms with van der Waals surface area (Å²) in [5.74, 6) is -0.644. The Hall–Kier alpha value is -1.06. The highest BCUT2D eigenvalue weighted by atomic mass is 35.5. The van der Waals surface area contributed by atoms with Crippen LogP contribution in [0.25, 0.3) is 0 Å². The summed E-state index contributed by atoms with van der Waals surface area (Å²) in [6.07, 6.45) is 1.41. The second-order valence-corrected chi connectivity index (χ2v) is 7.11. The van der Waals surface area contributed by atoms with Gasteiger partial charge in [-0.1, -0.05) is 11.6 Å². The third-order valence-corrected chi connectivity index (χ3v) is 5.00. The maximum absolute atomic E-state index is 12.5. The van der Waals surface area contributed by atoms with E-state index in [1.165, 1.54) is 18.2 Å². The van der Waals surface area contributed by atoms with Crippen molar-refractivity contribution in [2.75, 3.05) is 19.7 Å². The Morgan fingerprint density at radius 3 is 2.65 bits per heavy atom. The fourth-order valence-corrected chi connectivity index (χ4v) is 3.89. The van der Waals surface area contributed by atoms with Crippen LogP contribution in [0.2, 0.25) is 5.02 Å². The van der Waals surface area contributed by atoms with Crippen LogP contribution in [0.4, 0.5) is 0 Å². The van der Waals surface area contributed by atoms with Crippen LogP contribution in [0, 0.1) is 0 Å². The van der Waals surface area contributed by atoms with Crippen LogP contribution in [-0.4, -0.2) is 40.1 Å². The zero-order chi connectivity index (χ0) is 16.2. The van der Waals surface area contributed by atoms with Crippen LogP contribution in [0.5, 0.6) is 5.75 Å². The van der Waals surface area contributed by atoms with E-state index >= 15 is 0 Å². The fourth-order valence-electron chi connectivity index (χ4n) is 2.18. The van der Waals surface area contributed by atoms with Crippen molar-refractivity contribution >= 4 is 39.9 Å². The summed E-state index contributed by atoms with van der Waals surface area (Å²) in [7, 11) is -3.80. The number of nitrogens with one attached hydrogen (secondary N) is 2. The number of hydrogen-bond acceptors (Lipinski definition) is 5. The van der Waals surface area contributed by atoms with E-state index in [0.29, 0.717) is 12.8 Å². The van der Waals surface area contributed by atoms with Crippen molar-refractivity contribution < 1.29 is 17.9 Å². The zero-order valence-corrected chi connectivity index (χ0v) is 14.6. The van der Waals surface area contributed by atoms with E-state index in [1.807, 2.05) is 0 Å². The van der Waals surface area contributed by atoms with E-state index < -0.39 is 22.5 Å². The normalized spacial score (nSPS) is 15.7. The Kier molecular flexibility index (Phi) is 7.56. The first-order valence-electron chi connectivity index (χ1n) is 6.82. The second-order valence-electron chi connectivity index (χ2n) is 4.99. The highest BCUT2D eigenvalue weighted by Crippen LogP contribution is 2.27. The van der Waals surface area contributed by atoms with Crippen molar-refractivity contribution in [3.05, 3.63) is 23.2 Å². The predicted molar refractivity (Wildman–Crippen MR) is 89.6 cm³/mol. The molecule has 0 unspecified atom stereocenters. The third-order valence-electron chi connectivity index (χ3n) is 3.23. The molecular weight excluding hydrogens is 365 g/mol. The Bertz CT molecular complexity index is 649. The molecule has 10 heteroatoms. The molecule has 7 nitrogen and oxygen atoms in total. The Morgan fingerprint density at radius 2 is 2.04 bits per heavy atom. The average Bonchev–Trinajstić information content (AvgIpc) is 2.46. The van der Waals surface area contributed by atoms with Crippen molar-refractivity contribution in [1.29, 1.82) is 0 Å². The number of nitrogens with two attached hydrogens (primary N) is 1.